The number of aromatic nitrogens is 3. The van der Waals surface area contributed by atoms with Crippen LogP contribution in [-0.2, 0) is 4.79 Å². The molecular weight excluding hydrogens is 318 g/mol. The Morgan fingerprint density at radius 2 is 2.04 bits per heavy atom. The zero-order chi connectivity index (χ0) is 17.6. The molecule has 3 heterocycles. The van der Waals surface area contributed by atoms with Gasteiger partial charge in [-0.3, -0.25) is 4.79 Å². The monoisotopic (exact) mass is 337 g/mol. The molecule has 4 rings (SSSR count). The molecule has 1 aliphatic rings. The van der Waals surface area contributed by atoms with E-state index in [1.165, 1.54) is 0 Å². The molecule has 0 spiro atoms. The molecule has 1 aliphatic heterocycles. The lowest BCUT2D eigenvalue weighted by atomic mass is 9.89. The Morgan fingerprint density at radius 1 is 1.24 bits per heavy atom. The van der Waals surface area contributed by atoms with Gasteiger partial charge >= 0.3 is 0 Å². The molecule has 0 unspecified atom stereocenters. The smallest absolute Gasteiger partial charge is 0.252 e. The number of aryl methyl sites for hydroxylation is 2. The summed E-state index contributed by atoms with van der Waals surface area (Å²) in [5.74, 6) is 2.01. The summed E-state index contributed by atoms with van der Waals surface area (Å²) in [5, 5.41) is 3.34. The number of anilines is 2. The summed E-state index contributed by atoms with van der Waals surface area (Å²) in [6, 6.07) is 8.01. The summed E-state index contributed by atoms with van der Waals surface area (Å²) < 4.78 is 5.51. The van der Waals surface area contributed by atoms with Gasteiger partial charge in [0, 0.05) is 38.5 Å². The second-order valence-corrected chi connectivity index (χ2v) is 6.30. The Kier molecular flexibility index (Phi) is 3.63. The van der Waals surface area contributed by atoms with Crippen molar-refractivity contribution >= 4 is 28.6 Å². The van der Waals surface area contributed by atoms with Crippen molar-refractivity contribution < 1.29 is 9.21 Å². The maximum Gasteiger partial charge on any atom is 0.252 e. The van der Waals surface area contributed by atoms with Crippen LogP contribution in [0.2, 0.25) is 0 Å². The standard InChI is InChI=1S/C18H19N5O2/c1-10-20-17(16-18(21-10)25-11(2)22-16)19-9-12-8-15(24)23(3)14-7-5-4-6-13(12)14/h4-7,12H,8-9H2,1-3H3,(H,19,20,21)/t12-/m0/s1. The van der Waals surface area contributed by atoms with Gasteiger partial charge in [-0.25, -0.2) is 9.97 Å². The van der Waals surface area contributed by atoms with Gasteiger partial charge in [-0.1, -0.05) is 18.2 Å². The molecule has 0 bridgehead atoms. The third-order valence-electron chi connectivity index (χ3n) is 4.53. The minimum Gasteiger partial charge on any atom is -0.422 e. The van der Waals surface area contributed by atoms with E-state index in [0.717, 1.165) is 11.3 Å². The summed E-state index contributed by atoms with van der Waals surface area (Å²) in [7, 11) is 1.82. The number of carbonyl (C=O) groups is 1. The average molecular weight is 337 g/mol. The van der Waals surface area contributed by atoms with Crippen molar-refractivity contribution in [2.75, 3.05) is 23.8 Å². The number of nitrogens with zero attached hydrogens (tertiary/aromatic N) is 4. The Bertz CT molecular complexity index is 965. The van der Waals surface area contributed by atoms with Crippen LogP contribution in [0, 0.1) is 13.8 Å². The summed E-state index contributed by atoms with van der Waals surface area (Å²) >= 11 is 0. The minimum atomic E-state index is 0.0817. The second-order valence-electron chi connectivity index (χ2n) is 6.30. The number of hydrogen-bond acceptors (Lipinski definition) is 6. The third-order valence-corrected chi connectivity index (χ3v) is 4.53. The number of hydrogen-bond donors (Lipinski definition) is 1. The first-order chi connectivity index (χ1) is 12.0. The van der Waals surface area contributed by atoms with Gasteiger partial charge in [0.1, 0.15) is 5.82 Å². The predicted octanol–water partition coefficient (Wildman–Crippen LogP) is 2.80. The quantitative estimate of drug-likeness (QED) is 0.791. The average Bonchev–Trinajstić information content (AvgIpc) is 2.96. The lowest BCUT2D eigenvalue weighted by molar-refractivity contribution is -0.119. The zero-order valence-electron chi connectivity index (χ0n) is 14.4. The Hall–Kier alpha value is -2.96. The number of rotatable bonds is 3. The van der Waals surface area contributed by atoms with Crippen LogP contribution in [-0.4, -0.2) is 34.5 Å². The van der Waals surface area contributed by atoms with Crippen molar-refractivity contribution in [3.05, 3.63) is 41.5 Å². The fraction of sp³-hybridized carbons (Fsp3) is 0.333. The molecule has 1 amide bonds. The summed E-state index contributed by atoms with van der Waals surface area (Å²) in [6.45, 7) is 4.19. The van der Waals surface area contributed by atoms with Crippen LogP contribution >= 0.6 is 0 Å². The molecule has 0 radical (unpaired) electrons. The van der Waals surface area contributed by atoms with Crippen LogP contribution in [0.15, 0.2) is 28.7 Å². The lowest BCUT2D eigenvalue weighted by Gasteiger charge is -2.31. The molecule has 25 heavy (non-hydrogen) atoms. The Morgan fingerprint density at radius 3 is 2.88 bits per heavy atom. The molecule has 0 saturated heterocycles. The molecule has 0 aliphatic carbocycles. The van der Waals surface area contributed by atoms with Gasteiger partial charge in [0.15, 0.2) is 17.2 Å². The molecule has 2 aromatic heterocycles. The van der Waals surface area contributed by atoms with E-state index >= 15 is 0 Å². The van der Waals surface area contributed by atoms with E-state index in [4.69, 9.17) is 4.42 Å². The van der Waals surface area contributed by atoms with E-state index in [-0.39, 0.29) is 11.8 Å². The molecule has 1 atom stereocenters. The van der Waals surface area contributed by atoms with Gasteiger partial charge in [0.2, 0.25) is 5.91 Å². The summed E-state index contributed by atoms with van der Waals surface area (Å²) in [5.41, 5.74) is 3.23. The molecule has 1 aromatic carbocycles. The van der Waals surface area contributed by atoms with Crippen LogP contribution in [0.4, 0.5) is 11.5 Å². The van der Waals surface area contributed by atoms with Crippen molar-refractivity contribution in [3.63, 3.8) is 0 Å². The van der Waals surface area contributed by atoms with Crippen LogP contribution in [0.25, 0.3) is 11.2 Å². The van der Waals surface area contributed by atoms with Gasteiger partial charge in [-0.2, -0.15) is 4.98 Å². The fourth-order valence-electron chi connectivity index (χ4n) is 3.29. The maximum absolute atomic E-state index is 12.3. The van der Waals surface area contributed by atoms with Gasteiger partial charge in [0.05, 0.1) is 0 Å². The highest BCUT2D eigenvalue weighted by Crippen LogP contribution is 2.35. The molecule has 0 saturated carbocycles. The molecule has 0 fully saturated rings. The normalized spacial score (nSPS) is 17.0. The number of nitrogens with one attached hydrogen (secondary N) is 1. The highest BCUT2D eigenvalue weighted by Gasteiger charge is 2.29. The highest BCUT2D eigenvalue weighted by molar-refractivity contribution is 5.96. The van der Waals surface area contributed by atoms with Crippen molar-refractivity contribution in [2.45, 2.75) is 26.2 Å². The Labute approximate surface area is 145 Å². The van der Waals surface area contributed by atoms with Crippen LogP contribution in [0.5, 0.6) is 0 Å². The second kappa shape index (κ2) is 5.84. The number of amides is 1. The van der Waals surface area contributed by atoms with Crippen molar-refractivity contribution in [3.8, 4) is 0 Å². The molecular formula is C18H19N5O2. The zero-order valence-corrected chi connectivity index (χ0v) is 14.4. The third kappa shape index (κ3) is 2.71. The van der Waals surface area contributed by atoms with E-state index in [9.17, 15) is 4.79 Å². The van der Waals surface area contributed by atoms with Crippen LogP contribution < -0.4 is 10.2 Å². The SMILES string of the molecule is Cc1nc(NC[C@@H]2CC(=O)N(C)c3ccccc32)c2nc(C)oc2n1. The van der Waals surface area contributed by atoms with E-state index in [1.807, 2.05) is 32.2 Å². The number of para-hydroxylation sites is 1. The topological polar surface area (TPSA) is 84.2 Å². The lowest BCUT2D eigenvalue weighted by Crippen LogP contribution is -2.35. The number of oxazole rings is 1. The first-order valence-electron chi connectivity index (χ1n) is 8.24. The largest absolute Gasteiger partial charge is 0.422 e. The fourth-order valence-corrected chi connectivity index (χ4v) is 3.29. The maximum atomic E-state index is 12.3. The van der Waals surface area contributed by atoms with Crippen molar-refractivity contribution in [1.82, 2.24) is 15.0 Å². The summed E-state index contributed by atoms with van der Waals surface area (Å²) in [6.07, 6.45) is 0.464. The van der Waals surface area contributed by atoms with E-state index in [1.54, 1.807) is 11.8 Å². The number of fused-ring (bicyclic) bond motifs is 2. The molecule has 7 heteroatoms. The Balaban J connectivity index is 1.64. The van der Waals surface area contributed by atoms with Gasteiger partial charge in [-0.05, 0) is 18.6 Å². The molecule has 3 aromatic rings. The van der Waals surface area contributed by atoms with E-state index in [0.29, 0.717) is 41.7 Å². The van der Waals surface area contributed by atoms with Crippen LogP contribution in [0.1, 0.15) is 29.6 Å². The summed E-state index contributed by atoms with van der Waals surface area (Å²) in [4.78, 5) is 27.1. The van der Waals surface area contributed by atoms with E-state index in [2.05, 4.69) is 26.3 Å². The number of carbonyl (C=O) groups excluding carboxylic acids is 1. The minimum absolute atomic E-state index is 0.0817. The molecule has 128 valence electrons. The van der Waals surface area contributed by atoms with Crippen LogP contribution in [0.3, 0.4) is 0 Å². The van der Waals surface area contributed by atoms with Gasteiger partial charge in [0.25, 0.3) is 5.71 Å². The van der Waals surface area contributed by atoms with E-state index < -0.39 is 0 Å². The number of benzene rings is 1. The first-order valence-corrected chi connectivity index (χ1v) is 8.24. The molecule has 1 N–H and O–H groups in total. The van der Waals surface area contributed by atoms with Gasteiger partial charge < -0.3 is 14.6 Å². The molecule has 7 nitrogen and oxygen atoms in total. The predicted molar refractivity (Wildman–Crippen MR) is 94.8 cm³/mol. The highest BCUT2D eigenvalue weighted by atomic mass is 16.4. The van der Waals surface area contributed by atoms with Crippen molar-refractivity contribution in [1.29, 1.82) is 0 Å². The van der Waals surface area contributed by atoms with Gasteiger partial charge in [-0.15, -0.1) is 0 Å². The first kappa shape index (κ1) is 15.6. The van der Waals surface area contributed by atoms with Crippen molar-refractivity contribution in [2.24, 2.45) is 0 Å².